The molecule has 3 N–H and O–H groups in total. The van der Waals surface area contributed by atoms with Gasteiger partial charge in [-0.3, -0.25) is 0 Å². The van der Waals surface area contributed by atoms with Crippen LogP contribution in [-0.4, -0.2) is 12.1 Å². The molecule has 94 valence electrons. The number of nitrogens with one attached hydrogen (secondary N) is 1. The molecule has 2 aromatic rings. The van der Waals surface area contributed by atoms with Gasteiger partial charge in [0.05, 0.1) is 6.61 Å². The van der Waals surface area contributed by atoms with E-state index in [2.05, 4.69) is 10.3 Å². The van der Waals surface area contributed by atoms with Crippen molar-refractivity contribution >= 4 is 17.2 Å². The Morgan fingerprint density at radius 1 is 1.28 bits per heavy atom. The lowest BCUT2D eigenvalue weighted by Gasteiger charge is -2.08. The second-order valence-electron chi connectivity index (χ2n) is 4.18. The van der Waals surface area contributed by atoms with Crippen molar-refractivity contribution in [2.45, 2.75) is 13.5 Å². The molecule has 18 heavy (non-hydrogen) atoms. The van der Waals surface area contributed by atoms with E-state index in [1.54, 1.807) is 13.3 Å². The van der Waals surface area contributed by atoms with Gasteiger partial charge in [0.15, 0.2) is 0 Å². The maximum atomic E-state index is 5.84. The average Bonchev–Trinajstić information content (AvgIpc) is 2.37. The standard InChI is InChI=1S/C14H17N3O/c1-10-8-16-14(7-13(10)15)17-12-5-3-11(4-6-12)9-18-2/h3-8H,9H2,1-2H3,(H3,15,16,17). The van der Waals surface area contributed by atoms with Gasteiger partial charge in [-0.05, 0) is 30.2 Å². The van der Waals surface area contributed by atoms with Crippen molar-refractivity contribution < 1.29 is 4.74 Å². The monoisotopic (exact) mass is 243 g/mol. The molecule has 0 spiro atoms. The van der Waals surface area contributed by atoms with Crippen molar-refractivity contribution in [3.05, 3.63) is 47.7 Å². The first-order chi connectivity index (χ1) is 8.69. The summed E-state index contributed by atoms with van der Waals surface area (Å²) >= 11 is 0. The minimum atomic E-state index is 0.621. The number of nitrogens with zero attached hydrogens (tertiary/aromatic N) is 1. The first kappa shape index (κ1) is 12.4. The SMILES string of the molecule is COCc1ccc(Nc2cc(N)c(C)cn2)cc1. The number of anilines is 3. The Bertz CT molecular complexity index is 523. The van der Waals surface area contributed by atoms with Gasteiger partial charge < -0.3 is 15.8 Å². The van der Waals surface area contributed by atoms with Gasteiger partial charge >= 0.3 is 0 Å². The molecule has 0 saturated heterocycles. The second-order valence-corrected chi connectivity index (χ2v) is 4.18. The van der Waals surface area contributed by atoms with Crippen LogP contribution in [0.2, 0.25) is 0 Å². The van der Waals surface area contributed by atoms with E-state index in [1.165, 1.54) is 0 Å². The van der Waals surface area contributed by atoms with Crippen LogP contribution < -0.4 is 11.1 Å². The fourth-order valence-corrected chi connectivity index (χ4v) is 1.61. The summed E-state index contributed by atoms with van der Waals surface area (Å²) in [4.78, 5) is 4.28. The molecule has 0 atom stereocenters. The predicted molar refractivity (Wildman–Crippen MR) is 73.8 cm³/mol. The fraction of sp³-hybridized carbons (Fsp3) is 0.214. The fourth-order valence-electron chi connectivity index (χ4n) is 1.61. The predicted octanol–water partition coefficient (Wildman–Crippen LogP) is 2.86. The van der Waals surface area contributed by atoms with Crippen LogP contribution in [0.1, 0.15) is 11.1 Å². The van der Waals surface area contributed by atoms with E-state index in [-0.39, 0.29) is 0 Å². The number of aromatic nitrogens is 1. The van der Waals surface area contributed by atoms with Crippen LogP contribution in [0.3, 0.4) is 0 Å². The molecule has 1 heterocycles. The molecular weight excluding hydrogens is 226 g/mol. The summed E-state index contributed by atoms with van der Waals surface area (Å²) in [6, 6.07) is 9.85. The molecule has 0 radical (unpaired) electrons. The van der Waals surface area contributed by atoms with Crippen LogP contribution in [0, 0.1) is 6.92 Å². The van der Waals surface area contributed by atoms with Crippen molar-refractivity contribution in [1.82, 2.24) is 4.98 Å². The number of methoxy groups -OCH3 is 1. The number of aryl methyl sites for hydroxylation is 1. The number of benzene rings is 1. The molecule has 4 nitrogen and oxygen atoms in total. The lowest BCUT2D eigenvalue weighted by atomic mass is 10.2. The molecule has 4 heteroatoms. The molecule has 0 aliphatic rings. The van der Waals surface area contributed by atoms with Crippen LogP contribution in [-0.2, 0) is 11.3 Å². The Morgan fingerprint density at radius 3 is 2.61 bits per heavy atom. The summed E-state index contributed by atoms with van der Waals surface area (Å²) in [6.07, 6.45) is 1.76. The molecule has 0 fully saturated rings. The third-order valence-corrected chi connectivity index (χ3v) is 2.68. The van der Waals surface area contributed by atoms with Crippen LogP contribution in [0.15, 0.2) is 36.5 Å². The smallest absolute Gasteiger partial charge is 0.132 e. The zero-order valence-corrected chi connectivity index (χ0v) is 10.6. The molecule has 0 saturated carbocycles. The van der Waals surface area contributed by atoms with Gasteiger partial charge in [0.2, 0.25) is 0 Å². The molecule has 1 aromatic carbocycles. The quantitative estimate of drug-likeness (QED) is 0.866. The summed E-state index contributed by atoms with van der Waals surface area (Å²) in [5, 5.41) is 3.21. The topological polar surface area (TPSA) is 60.2 Å². The molecule has 0 unspecified atom stereocenters. The zero-order chi connectivity index (χ0) is 13.0. The summed E-state index contributed by atoms with van der Waals surface area (Å²) in [5.74, 6) is 0.748. The van der Waals surface area contributed by atoms with Crippen molar-refractivity contribution in [3.63, 3.8) is 0 Å². The highest BCUT2D eigenvalue weighted by atomic mass is 16.5. The normalized spacial score (nSPS) is 10.3. The molecular formula is C14H17N3O. The number of nitrogen functional groups attached to an aromatic ring is 1. The van der Waals surface area contributed by atoms with E-state index in [1.807, 2.05) is 37.3 Å². The highest BCUT2D eigenvalue weighted by molar-refractivity contribution is 5.61. The Balaban J connectivity index is 2.10. The van der Waals surface area contributed by atoms with E-state index in [4.69, 9.17) is 10.5 Å². The van der Waals surface area contributed by atoms with Gasteiger partial charge in [0, 0.05) is 30.7 Å². The van der Waals surface area contributed by atoms with Crippen LogP contribution in [0.4, 0.5) is 17.2 Å². The third-order valence-electron chi connectivity index (χ3n) is 2.68. The minimum Gasteiger partial charge on any atom is -0.398 e. The molecule has 0 aliphatic heterocycles. The van der Waals surface area contributed by atoms with Crippen molar-refractivity contribution in [3.8, 4) is 0 Å². The molecule has 1 aromatic heterocycles. The number of pyridine rings is 1. The van der Waals surface area contributed by atoms with Gasteiger partial charge in [-0.25, -0.2) is 4.98 Å². The number of rotatable bonds is 4. The second kappa shape index (κ2) is 5.51. The Morgan fingerprint density at radius 2 is 2.00 bits per heavy atom. The first-order valence-electron chi connectivity index (χ1n) is 5.76. The zero-order valence-electron chi connectivity index (χ0n) is 10.6. The number of nitrogens with two attached hydrogens (primary N) is 1. The summed E-state index contributed by atoms with van der Waals surface area (Å²) in [6.45, 7) is 2.56. The summed E-state index contributed by atoms with van der Waals surface area (Å²) in [7, 11) is 1.69. The number of ether oxygens (including phenoxy) is 1. The lowest BCUT2D eigenvalue weighted by Crippen LogP contribution is -1.97. The van der Waals surface area contributed by atoms with Crippen molar-refractivity contribution in [2.75, 3.05) is 18.2 Å². The molecule has 0 aliphatic carbocycles. The van der Waals surface area contributed by atoms with Gasteiger partial charge in [-0.15, -0.1) is 0 Å². The molecule has 2 rings (SSSR count). The molecule has 0 bridgehead atoms. The van der Waals surface area contributed by atoms with Crippen LogP contribution in [0.5, 0.6) is 0 Å². The average molecular weight is 243 g/mol. The highest BCUT2D eigenvalue weighted by Gasteiger charge is 1.99. The maximum Gasteiger partial charge on any atom is 0.132 e. The van der Waals surface area contributed by atoms with Gasteiger partial charge in [0.25, 0.3) is 0 Å². The van der Waals surface area contributed by atoms with Crippen LogP contribution >= 0.6 is 0 Å². The number of hydrogen-bond acceptors (Lipinski definition) is 4. The maximum absolute atomic E-state index is 5.84. The van der Waals surface area contributed by atoms with Gasteiger partial charge in [0.1, 0.15) is 5.82 Å². The Kier molecular flexibility index (Phi) is 3.79. The summed E-state index contributed by atoms with van der Waals surface area (Å²) < 4.78 is 5.07. The highest BCUT2D eigenvalue weighted by Crippen LogP contribution is 2.19. The van der Waals surface area contributed by atoms with E-state index in [9.17, 15) is 0 Å². The van der Waals surface area contributed by atoms with E-state index in [0.717, 1.165) is 28.3 Å². The largest absolute Gasteiger partial charge is 0.398 e. The lowest BCUT2D eigenvalue weighted by molar-refractivity contribution is 0.185. The van der Waals surface area contributed by atoms with Gasteiger partial charge in [-0.2, -0.15) is 0 Å². The third kappa shape index (κ3) is 2.99. The van der Waals surface area contributed by atoms with Crippen molar-refractivity contribution in [2.24, 2.45) is 0 Å². The van der Waals surface area contributed by atoms with E-state index >= 15 is 0 Å². The Hall–Kier alpha value is -2.07. The van der Waals surface area contributed by atoms with E-state index in [0.29, 0.717) is 6.61 Å². The minimum absolute atomic E-state index is 0.621. The Labute approximate surface area is 107 Å². The van der Waals surface area contributed by atoms with Crippen LogP contribution in [0.25, 0.3) is 0 Å². The van der Waals surface area contributed by atoms with Crippen molar-refractivity contribution in [1.29, 1.82) is 0 Å². The summed E-state index contributed by atoms with van der Waals surface area (Å²) in [5.41, 5.74) is 9.68. The first-order valence-corrected chi connectivity index (χ1v) is 5.76. The van der Waals surface area contributed by atoms with E-state index < -0.39 is 0 Å². The van der Waals surface area contributed by atoms with Gasteiger partial charge in [-0.1, -0.05) is 12.1 Å². The number of hydrogen-bond donors (Lipinski definition) is 2. The molecule has 0 amide bonds.